The van der Waals surface area contributed by atoms with Gasteiger partial charge in [-0.15, -0.1) is 11.3 Å². The highest BCUT2D eigenvalue weighted by Crippen LogP contribution is 2.28. The second-order valence-electron chi connectivity index (χ2n) is 4.72. The summed E-state index contributed by atoms with van der Waals surface area (Å²) in [4.78, 5) is 10.8. The van der Waals surface area contributed by atoms with Crippen molar-refractivity contribution in [2.45, 2.75) is 13.5 Å². The van der Waals surface area contributed by atoms with E-state index in [2.05, 4.69) is 28.3 Å². The lowest BCUT2D eigenvalue weighted by Gasteiger charge is -2.11. The van der Waals surface area contributed by atoms with Gasteiger partial charge in [0.25, 0.3) is 0 Å². The van der Waals surface area contributed by atoms with Crippen LogP contribution in [0.1, 0.15) is 10.4 Å². The third-order valence-electron chi connectivity index (χ3n) is 3.20. The molecule has 21 heavy (non-hydrogen) atoms. The number of hydrogen-bond acceptors (Lipinski definition) is 6. The van der Waals surface area contributed by atoms with Crippen LogP contribution in [0.5, 0.6) is 5.75 Å². The predicted octanol–water partition coefficient (Wildman–Crippen LogP) is 3.20. The van der Waals surface area contributed by atoms with E-state index in [-0.39, 0.29) is 0 Å². The summed E-state index contributed by atoms with van der Waals surface area (Å²) in [5.74, 6) is 1.64. The number of nitrogens with one attached hydrogen (secondary N) is 1. The summed E-state index contributed by atoms with van der Waals surface area (Å²) in [7, 11) is 1.65. The van der Waals surface area contributed by atoms with Gasteiger partial charge in [0.1, 0.15) is 22.7 Å². The Morgan fingerprint density at radius 2 is 2.14 bits per heavy atom. The van der Waals surface area contributed by atoms with Gasteiger partial charge in [-0.2, -0.15) is 0 Å². The van der Waals surface area contributed by atoms with E-state index in [1.807, 2.05) is 18.2 Å². The van der Waals surface area contributed by atoms with Crippen LogP contribution in [0.15, 0.2) is 30.6 Å². The van der Waals surface area contributed by atoms with E-state index in [1.165, 1.54) is 4.88 Å². The highest BCUT2D eigenvalue weighted by Gasteiger charge is 2.08. The zero-order valence-corrected chi connectivity index (χ0v) is 12.7. The molecule has 0 amide bonds. The smallest absolute Gasteiger partial charge is 0.138 e. The van der Waals surface area contributed by atoms with Crippen LogP contribution in [0.4, 0.5) is 11.5 Å². The number of hydrogen-bond donors (Lipinski definition) is 2. The van der Waals surface area contributed by atoms with Gasteiger partial charge < -0.3 is 15.8 Å². The SMILES string of the molecule is COc1ccc(N)cc1CNc1ncnc2sc(C)cc12. The number of methoxy groups -OCH3 is 1. The maximum absolute atomic E-state index is 5.84. The summed E-state index contributed by atoms with van der Waals surface area (Å²) >= 11 is 1.66. The van der Waals surface area contributed by atoms with Crippen LogP contribution in [0.2, 0.25) is 0 Å². The summed E-state index contributed by atoms with van der Waals surface area (Å²) in [6.07, 6.45) is 1.58. The first-order valence-electron chi connectivity index (χ1n) is 6.55. The number of nitrogens with zero attached hydrogens (tertiary/aromatic N) is 2. The van der Waals surface area contributed by atoms with Gasteiger partial charge in [-0.05, 0) is 31.2 Å². The maximum Gasteiger partial charge on any atom is 0.138 e. The molecule has 108 valence electrons. The summed E-state index contributed by atoms with van der Waals surface area (Å²) in [5, 5.41) is 4.38. The fourth-order valence-corrected chi connectivity index (χ4v) is 3.08. The molecule has 1 aromatic carbocycles. The molecule has 2 aromatic heterocycles. The zero-order valence-electron chi connectivity index (χ0n) is 11.9. The normalized spacial score (nSPS) is 10.8. The van der Waals surface area contributed by atoms with E-state index < -0.39 is 0 Å². The van der Waals surface area contributed by atoms with Crippen LogP contribution in [-0.2, 0) is 6.54 Å². The molecule has 0 radical (unpaired) electrons. The number of aryl methyl sites for hydroxylation is 1. The van der Waals surface area contributed by atoms with Crippen LogP contribution in [0.25, 0.3) is 10.2 Å². The highest BCUT2D eigenvalue weighted by atomic mass is 32.1. The quantitative estimate of drug-likeness (QED) is 0.724. The number of nitrogen functional groups attached to an aromatic ring is 1. The zero-order chi connectivity index (χ0) is 14.8. The average molecular weight is 300 g/mol. The molecule has 0 aliphatic rings. The molecule has 0 bridgehead atoms. The topological polar surface area (TPSA) is 73.1 Å². The molecule has 0 spiro atoms. The van der Waals surface area contributed by atoms with Gasteiger partial charge in [-0.1, -0.05) is 0 Å². The first-order chi connectivity index (χ1) is 10.2. The molecule has 0 saturated carbocycles. The largest absolute Gasteiger partial charge is 0.496 e. The number of ether oxygens (including phenoxy) is 1. The number of nitrogens with two attached hydrogens (primary N) is 1. The van der Waals surface area contributed by atoms with E-state index in [9.17, 15) is 0 Å². The number of anilines is 2. The van der Waals surface area contributed by atoms with Crippen LogP contribution >= 0.6 is 11.3 Å². The lowest BCUT2D eigenvalue weighted by atomic mass is 10.1. The van der Waals surface area contributed by atoms with E-state index in [0.717, 1.165) is 27.3 Å². The molecule has 6 heteroatoms. The minimum atomic E-state index is 0.592. The van der Waals surface area contributed by atoms with Crippen molar-refractivity contribution in [1.29, 1.82) is 0 Å². The van der Waals surface area contributed by atoms with E-state index in [1.54, 1.807) is 24.8 Å². The molecule has 0 saturated heterocycles. The molecule has 0 aliphatic carbocycles. The Morgan fingerprint density at radius 1 is 1.29 bits per heavy atom. The Morgan fingerprint density at radius 3 is 2.95 bits per heavy atom. The first-order valence-corrected chi connectivity index (χ1v) is 7.36. The van der Waals surface area contributed by atoms with Crippen LogP contribution in [0, 0.1) is 6.92 Å². The van der Waals surface area contributed by atoms with Crippen molar-refractivity contribution in [3.63, 3.8) is 0 Å². The Bertz CT molecular complexity index is 784. The first kappa shape index (κ1) is 13.6. The number of thiophene rings is 1. The molecule has 0 atom stereocenters. The summed E-state index contributed by atoms with van der Waals surface area (Å²) < 4.78 is 5.35. The summed E-state index contributed by atoms with van der Waals surface area (Å²) in [6.45, 7) is 2.66. The van der Waals surface area contributed by atoms with Crippen molar-refractivity contribution >= 4 is 33.1 Å². The standard InChI is InChI=1S/C15H16N4OS/c1-9-5-12-14(18-8-19-15(12)21-9)17-7-10-6-11(16)3-4-13(10)20-2/h3-6,8H,7,16H2,1-2H3,(H,17,18,19). The average Bonchev–Trinajstić information content (AvgIpc) is 2.86. The fraction of sp³-hybridized carbons (Fsp3) is 0.200. The molecule has 0 aliphatic heterocycles. The van der Waals surface area contributed by atoms with Gasteiger partial charge in [-0.3, -0.25) is 0 Å². The van der Waals surface area contributed by atoms with Crippen molar-refractivity contribution < 1.29 is 4.74 Å². The molecular formula is C15H16N4OS. The Labute approximate surface area is 126 Å². The predicted molar refractivity (Wildman–Crippen MR) is 86.9 cm³/mol. The second kappa shape index (κ2) is 5.57. The van der Waals surface area contributed by atoms with Gasteiger partial charge in [0, 0.05) is 22.7 Å². The van der Waals surface area contributed by atoms with Crippen molar-refractivity contribution in [2.75, 3.05) is 18.2 Å². The fourth-order valence-electron chi connectivity index (χ4n) is 2.23. The van der Waals surface area contributed by atoms with Crippen molar-refractivity contribution in [3.8, 4) is 5.75 Å². The molecule has 2 heterocycles. The van der Waals surface area contributed by atoms with Crippen LogP contribution in [-0.4, -0.2) is 17.1 Å². The van der Waals surface area contributed by atoms with Gasteiger partial charge in [-0.25, -0.2) is 9.97 Å². The van der Waals surface area contributed by atoms with Gasteiger partial charge in [0.05, 0.1) is 12.5 Å². The van der Waals surface area contributed by atoms with Gasteiger partial charge in [0.15, 0.2) is 0 Å². The third-order valence-corrected chi connectivity index (χ3v) is 4.16. The molecule has 3 rings (SSSR count). The van der Waals surface area contributed by atoms with E-state index >= 15 is 0 Å². The second-order valence-corrected chi connectivity index (χ2v) is 5.96. The van der Waals surface area contributed by atoms with Crippen LogP contribution < -0.4 is 15.8 Å². The highest BCUT2D eigenvalue weighted by molar-refractivity contribution is 7.18. The van der Waals surface area contributed by atoms with Crippen molar-refractivity contribution in [1.82, 2.24) is 9.97 Å². The Balaban J connectivity index is 1.88. The molecule has 0 unspecified atom stereocenters. The maximum atomic E-state index is 5.84. The van der Waals surface area contributed by atoms with Crippen LogP contribution in [0.3, 0.4) is 0 Å². The molecule has 5 nitrogen and oxygen atoms in total. The third kappa shape index (κ3) is 2.75. The van der Waals surface area contributed by atoms with Gasteiger partial charge >= 0.3 is 0 Å². The minimum Gasteiger partial charge on any atom is -0.496 e. The minimum absolute atomic E-state index is 0.592. The lowest BCUT2D eigenvalue weighted by molar-refractivity contribution is 0.410. The number of fused-ring (bicyclic) bond motifs is 1. The molecular weight excluding hydrogens is 284 g/mol. The summed E-state index contributed by atoms with van der Waals surface area (Å²) in [5.41, 5.74) is 7.55. The van der Waals surface area contributed by atoms with E-state index in [4.69, 9.17) is 10.5 Å². The number of benzene rings is 1. The molecule has 0 fully saturated rings. The van der Waals surface area contributed by atoms with Crippen molar-refractivity contribution in [2.24, 2.45) is 0 Å². The molecule has 3 aromatic rings. The Hall–Kier alpha value is -2.34. The Kier molecular flexibility index (Phi) is 3.62. The number of rotatable bonds is 4. The lowest BCUT2D eigenvalue weighted by Crippen LogP contribution is -2.04. The van der Waals surface area contributed by atoms with Crippen molar-refractivity contribution in [3.05, 3.63) is 41.0 Å². The van der Waals surface area contributed by atoms with E-state index in [0.29, 0.717) is 12.2 Å². The number of aromatic nitrogens is 2. The summed E-state index contributed by atoms with van der Waals surface area (Å²) in [6, 6.07) is 7.70. The molecule has 3 N–H and O–H groups in total. The monoisotopic (exact) mass is 300 g/mol. The van der Waals surface area contributed by atoms with Gasteiger partial charge in [0.2, 0.25) is 0 Å².